The average molecular weight is 218 g/mol. The zero-order valence-electron chi connectivity index (χ0n) is 8.54. The zero-order valence-corrected chi connectivity index (χ0v) is 9.36. The van der Waals surface area contributed by atoms with E-state index in [0.717, 1.165) is 24.3 Å². The Morgan fingerprint density at radius 2 is 2.50 bits per heavy atom. The molecule has 0 spiro atoms. The Morgan fingerprint density at radius 1 is 1.71 bits per heavy atom. The van der Waals surface area contributed by atoms with E-state index in [1.807, 2.05) is 0 Å². The second-order valence-electron chi connectivity index (χ2n) is 3.52. The molecule has 1 atom stereocenters. The summed E-state index contributed by atoms with van der Waals surface area (Å²) in [7, 11) is 1.65. The van der Waals surface area contributed by atoms with Crippen LogP contribution >= 0.6 is 11.8 Å². The number of ether oxygens (including phenoxy) is 1. The van der Waals surface area contributed by atoms with Crippen LogP contribution in [0.4, 0.5) is 0 Å². The third-order valence-electron chi connectivity index (χ3n) is 2.48. The molecular formula is C9H18N2O2S. The van der Waals surface area contributed by atoms with E-state index in [1.165, 1.54) is 0 Å². The van der Waals surface area contributed by atoms with Gasteiger partial charge in [0, 0.05) is 19.4 Å². The fourth-order valence-corrected chi connectivity index (χ4v) is 2.84. The van der Waals surface area contributed by atoms with E-state index in [4.69, 9.17) is 10.5 Å². The highest BCUT2D eigenvalue weighted by Crippen LogP contribution is 2.26. The molecule has 1 saturated heterocycles. The molecule has 0 aliphatic carbocycles. The van der Waals surface area contributed by atoms with Crippen LogP contribution in [-0.4, -0.2) is 43.2 Å². The van der Waals surface area contributed by atoms with Crippen LogP contribution in [-0.2, 0) is 9.53 Å². The van der Waals surface area contributed by atoms with E-state index in [1.54, 1.807) is 18.9 Å². The second-order valence-corrected chi connectivity index (χ2v) is 4.63. The molecule has 1 aliphatic heterocycles. The molecule has 1 aliphatic rings. The summed E-state index contributed by atoms with van der Waals surface area (Å²) in [6.45, 7) is 1.29. The molecule has 0 bridgehead atoms. The van der Waals surface area contributed by atoms with Gasteiger partial charge < -0.3 is 15.8 Å². The van der Waals surface area contributed by atoms with Crippen molar-refractivity contribution in [3.05, 3.63) is 0 Å². The Morgan fingerprint density at radius 3 is 3.00 bits per heavy atom. The van der Waals surface area contributed by atoms with Crippen molar-refractivity contribution in [1.29, 1.82) is 0 Å². The normalized spacial score (nSPS) is 27.5. The number of carbonyl (C=O) groups is 1. The summed E-state index contributed by atoms with van der Waals surface area (Å²) in [5.74, 6) is 1.67. The second kappa shape index (κ2) is 5.58. The molecule has 14 heavy (non-hydrogen) atoms. The molecule has 1 heterocycles. The summed E-state index contributed by atoms with van der Waals surface area (Å²) in [4.78, 5) is 11.4. The summed E-state index contributed by atoms with van der Waals surface area (Å²) >= 11 is 1.78. The maximum Gasteiger partial charge on any atom is 0.238 e. The average Bonchev–Trinajstić information content (AvgIpc) is 2.19. The van der Waals surface area contributed by atoms with Crippen molar-refractivity contribution < 1.29 is 9.53 Å². The highest BCUT2D eigenvalue weighted by atomic mass is 32.2. The van der Waals surface area contributed by atoms with Crippen LogP contribution in [0.25, 0.3) is 0 Å². The number of nitrogens with one attached hydrogen (secondary N) is 1. The molecule has 5 heteroatoms. The molecule has 1 fully saturated rings. The lowest BCUT2D eigenvalue weighted by molar-refractivity contribution is -0.124. The van der Waals surface area contributed by atoms with Gasteiger partial charge in [0.05, 0.1) is 6.61 Å². The molecular weight excluding hydrogens is 200 g/mol. The van der Waals surface area contributed by atoms with Crippen LogP contribution in [0, 0.1) is 0 Å². The zero-order chi connectivity index (χ0) is 10.4. The van der Waals surface area contributed by atoms with Crippen molar-refractivity contribution >= 4 is 17.7 Å². The number of nitrogens with two attached hydrogens (primary N) is 1. The first-order valence-electron chi connectivity index (χ1n) is 4.83. The van der Waals surface area contributed by atoms with Crippen molar-refractivity contribution in [3.8, 4) is 0 Å². The lowest BCUT2D eigenvalue weighted by Gasteiger charge is -2.34. The van der Waals surface area contributed by atoms with E-state index in [2.05, 4.69) is 5.32 Å². The SMILES string of the molecule is COCCNC1(C(N)=O)CCCSC1. The molecule has 82 valence electrons. The number of hydrogen-bond donors (Lipinski definition) is 2. The first-order chi connectivity index (χ1) is 6.71. The number of primary amides is 1. The minimum atomic E-state index is -0.499. The highest BCUT2D eigenvalue weighted by Gasteiger charge is 2.37. The molecule has 0 saturated carbocycles. The van der Waals surface area contributed by atoms with Gasteiger partial charge in [-0.05, 0) is 18.6 Å². The Balaban J connectivity index is 2.47. The van der Waals surface area contributed by atoms with E-state index >= 15 is 0 Å². The van der Waals surface area contributed by atoms with Crippen LogP contribution < -0.4 is 11.1 Å². The van der Waals surface area contributed by atoms with E-state index in [9.17, 15) is 4.79 Å². The van der Waals surface area contributed by atoms with Gasteiger partial charge >= 0.3 is 0 Å². The largest absolute Gasteiger partial charge is 0.383 e. The third-order valence-corrected chi connectivity index (χ3v) is 3.76. The van der Waals surface area contributed by atoms with Crippen LogP contribution in [0.15, 0.2) is 0 Å². The van der Waals surface area contributed by atoms with Crippen LogP contribution in [0.2, 0.25) is 0 Å². The maximum absolute atomic E-state index is 11.4. The van der Waals surface area contributed by atoms with Gasteiger partial charge in [0.25, 0.3) is 0 Å². The lowest BCUT2D eigenvalue weighted by atomic mass is 9.94. The van der Waals surface area contributed by atoms with E-state index in [0.29, 0.717) is 13.2 Å². The third kappa shape index (κ3) is 2.87. The smallest absolute Gasteiger partial charge is 0.238 e. The minimum absolute atomic E-state index is 0.235. The number of carbonyl (C=O) groups excluding carboxylic acids is 1. The Labute approximate surface area is 88.9 Å². The number of rotatable bonds is 5. The summed E-state index contributed by atoms with van der Waals surface area (Å²) in [5, 5.41) is 3.22. The Hall–Kier alpha value is -0.260. The van der Waals surface area contributed by atoms with Gasteiger partial charge in [0.2, 0.25) is 5.91 Å². The van der Waals surface area contributed by atoms with Gasteiger partial charge in [-0.1, -0.05) is 0 Å². The lowest BCUT2D eigenvalue weighted by Crippen LogP contribution is -2.59. The number of amides is 1. The predicted octanol–water partition coefficient (Wildman–Crippen LogP) is -0.0265. The Kier molecular flexibility index (Phi) is 4.71. The molecule has 1 amide bonds. The fraction of sp³-hybridized carbons (Fsp3) is 0.889. The van der Waals surface area contributed by atoms with Crippen molar-refractivity contribution in [2.24, 2.45) is 5.73 Å². The molecule has 0 radical (unpaired) electrons. The van der Waals surface area contributed by atoms with Gasteiger partial charge in [0.1, 0.15) is 5.54 Å². The van der Waals surface area contributed by atoms with Gasteiger partial charge in [-0.15, -0.1) is 0 Å². The van der Waals surface area contributed by atoms with Crippen molar-refractivity contribution in [3.63, 3.8) is 0 Å². The monoisotopic (exact) mass is 218 g/mol. The summed E-state index contributed by atoms with van der Waals surface area (Å²) < 4.78 is 4.94. The number of thioether (sulfide) groups is 1. The quantitative estimate of drug-likeness (QED) is 0.636. The maximum atomic E-state index is 11.4. The molecule has 0 aromatic carbocycles. The van der Waals surface area contributed by atoms with Gasteiger partial charge in [-0.25, -0.2) is 0 Å². The van der Waals surface area contributed by atoms with E-state index in [-0.39, 0.29) is 5.91 Å². The molecule has 1 rings (SSSR count). The van der Waals surface area contributed by atoms with Crippen LogP contribution in [0.1, 0.15) is 12.8 Å². The summed E-state index contributed by atoms with van der Waals surface area (Å²) in [6.07, 6.45) is 1.90. The standard InChI is InChI=1S/C9H18N2O2S/c1-13-5-4-11-9(8(10)12)3-2-6-14-7-9/h11H,2-7H2,1H3,(H2,10,12). The number of methoxy groups -OCH3 is 1. The van der Waals surface area contributed by atoms with Crippen molar-refractivity contribution in [2.75, 3.05) is 31.8 Å². The fourth-order valence-electron chi connectivity index (χ4n) is 1.61. The van der Waals surface area contributed by atoms with Crippen molar-refractivity contribution in [2.45, 2.75) is 18.4 Å². The summed E-state index contributed by atoms with van der Waals surface area (Å²) in [6, 6.07) is 0. The molecule has 1 unspecified atom stereocenters. The summed E-state index contributed by atoms with van der Waals surface area (Å²) in [5.41, 5.74) is 4.93. The van der Waals surface area contributed by atoms with E-state index < -0.39 is 5.54 Å². The van der Waals surface area contributed by atoms with Gasteiger partial charge in [0.15, 0.2) is 0 Å². The van der Waals surface area contributed by atoms with Crippen LogP contribution in [0.5, 0.6) is 0 Å². The predicted molar refractivity (Wildman–Crippen MR) is 58.4 cm³/mol. The molecule has 0 aromatic heterocycles. The molecule has 0 aromatic rings. The topological polar surface area (TPSA) is 64.3 Å². The van der Waals surface area contributed by atoms with Gasteiger partial charge in [-0.3, -0.25) is 4.79 Å². The molecule has 4 nitrogen and oxygen atoms in total. The van der Waals surface area contributed by atoms with Gasteiger partial charge in [-0.2, -0.15) is 11.8 Å². The first kappa shape index (κ1) is 11.8. The van der Waals surface area contributed by atoms with Crippen molar-refractivity contribution in [1.82, 2.24) is 5.32 Å². The molecule has 3 N–H and O–H groups in total. The minimum Gasteiger partial charge on any atom is -0.383 e. The Bertz CT molecular complexity index is 193. The highest BCUT2D eigenvalue weighted by molar-refractivity contribution is 7.99. The number of hydrogen-bond acceptors (Lipinski definition) is 4. The first-order valence-corrected chi connectivity index (χ1v) is 5.98. The van der Waals surface area contributed by atoms with Crippen LogP contribution in [0.3, 0.4) is 0 Å².